The minimum Gasteiger partial charge on any atom is -0.456 e. The van der Waals surface area contributed by atoms with Crippen molar-refractivity contribution < 1.29 is 4.74 Å². The summed E-state index contributed by atoms with van der Waals surface area (Å²) in [5.74, 6) is 1.76. The maximum atomic E-state index is 6.10. The zero-order chi connectivity index (χ0) is 15.6. The first-order valence-corrected chi connectivity index (χ1v) is 7.94. The fraction of sp³-hybridized carbons (Fsp3) is 0.333. The molecular weight excluding hydrogens is 326 g/mol. The number of rotatable bonds is 4. The largest absolute Gasteiger partial charge is 0.456 e. The van der Waals surface area contributed by atoms with E-state index in [0.29, 0.717) is 6.04 Å². The van der Waals surface area contributed by atoms with Crippen molar-refractivity contribution in [2.75, 3.05) is 7.05 Å². The zero-order valence-electron chi connectivity index (χ0n) is 13.3. The number of ether oxygens (including phenoxy) is 1. The Labute approximate surface area is 135 Å². The molecule has 2 nitrogen and oxygen atoms in total. The summed E-state index contributed by atoms with van der Waals surface area (Å²) >= 11 is 3.61. The molecule has 0 spiro atoms. The highest BCUT2D eigenvalue weighted by Gasteiger charge is 2.10. The summed E-state index contributed by atoms with van der Waals surface area (Å²) in [7, 11) is 1.96. The Morgan fingerprint density at radius 3 is 2.38 bits per heavy atom. The Balaban J connectivity index is 2.32. The Morgan fingerprint density at radius 2 is 1.76 bits per heavy atom. The fourth-order valence-electron chi connectivity index (χ4n) is 2.26. The van der Waals surface area contributed by atoms with Crippen molar-refractivity contribution in [3.05, 3.63) is 57.1 Å². The van der Waals surface area contributed by atoms with Crippen LogP contribution in [0.3, 0.4) is 0 Å². The van der Waals surface area contributed by atoms with E-state index in [9.17, 15) is 0 Å². The molecule has 0 radical (unpaired) electrons. The van der Waals surface area contributed by atoms with Gasteiger partial charge in [0.15, 0.2) is 0 Å². The topological polar surface area (TPSA) is 21.3 Å². The average Bonchev–Trinajstić information content (AvgIpc) is 2.45. The lowest BCUT2D eigenvalue weighted by Crippen LogP contribution is -2.12. The Morgan fingerprint density at radius 1 is 1.05 bits per heavy atom. The predicted octanol–water partition coefficient (Wildman–Crippen LogP) is 5.45. The molecule has 0 aliphatic rings. The summed E-state index contributed by atoms with van der Waals surface area (Å²) in [6, 6.07) is 10.8. The van der Waals surface area contributed by atoms with Crippen molar-refractivity contribution in [1.82, 2.24) is 5.32 Å². The number of halogens is 1. The standard InChI is InChI=1S/C18H22BrNO/c1-11-8-12(2)13(3)18(9-11)21-17-7-6-15(10-16(17)19)14(4)20-5/h6-10,14,20H,1-5H3. The molecule has 0 amide bonds. The van der Waals surface area contributed by atoms with Crippen LogP contribution in [0.4, 0.5) is 0 Å². The smallest absolute Gasteiger partial charge is 0.141 e. The molecule has 0 fully saturated rings. The summed E-state index contributed by atoms with van der Waals surface area (Å²) in [6.45, 7) is 8.43. The predicted molar refractivity (Wildman–Crippen MR) is 92.3 cm³/mol. The second kappa shape index (κ2) is 6.63. The number of nitrogens with one attached hydrogen (secondary N) is 1. The van der Waals surface area contributed by atoms with Gasteiger partial charge in [-0.05, 0) is 91.1 Å². The van der Waals surface area contributed by atoms with Crippen LogP contribution >= 0.6 is 15.9 Å². The van der Waals surface area contributed by atoms with Crippen LogP contribution in [0.5, 0.6) is 11.5 Å². The van der Waals surface area contributed by atoms with Crippen LogP contribution in [0, 0.1) is 20.8 Å². The van der Waals surface area contributed by atoms with E-state index < -0.39 is 0 Å². The first-order chi connectivity index (χ1) is 9.92. The van der Waals surface area contributed by atoms with E-state index in [1.807, 2.05) is 13.1 Å². The van der Waals surface area contributed by atoms with Gasteiger partial charge in [-0.1, -0.05) is 12.1 Å². The van der Waals surface area contributed by atoms with E-state index in [4.69, 9.17) is 4.74 Å². The van der Waals surface area contributed by atoms with Gasteiger partial charge in [-0.2, -0.15) is 0 Å². The molecule has 0 aromatic heterocycles. The van der Waals surface area contributed by atoms with Crippen LogP contribution in [-0.2, 0) is 0 Å². The molecule has 1 atom stereocenters. The van der Waals surface area contributed by atoms with Gasteiger partial charge >= 0.3 is 0 Å². The van der Waals surface area contributed by atoms with E-state index in [1.54, 1.807) is 0 Å². The third-order valence-electron chi connectivity index (χ3n) is 3.87. The van der Waals surface area contributed by atoms with E-state index in [0.717, 1.165) is 16.0 Å². The number of hydrogen-bond donors (Lipinski definition) is 1. The summed E-state index contributed by atoms with van der Waals surface area (Å²) in [5, 5.41) is 3.24. The zero-order valence-corrected chi connectivity index (χ0v) is 14.8. The SMILES string of the molecule is CNC(C)c1ccc(Oc2cc(C)cc(C)c2C)c(Br)c1. The highest BCUT2D eigenvalue weighted by molar-refractivity contribution is 9.10. The van der Waals surface area contributed by atoms with Crippen molar-refractivity contribution in [2.24, 2.45) is 0 Å². The van der Waals surface area contributed by atoms with Gasteiger partial charge in [-0.3, -0.25) is 0 Å². The van der Waals surface area contributed by atoms with Gasteiger partial charge in [0.25, 0.3) is 0 Å². The normalized spacial score (nSPS) is 12.3. The van der Waals surface area contributed by atoms with Gasteiger partial charge < -0.3 is 10.1 Å². The fourth-order valence-corrected chi connectivity index (χ4v) is 2.74. The maximum Gasteiger partial charge on any atom is 0.141 e. The van der Waals surface area contributed by atoms with E-state index in [-0.39, 0.29) is 0 Å². The average molecular weight is 348 g/mol. The minimum absolute atomic E-state index is 0.318. The van der Waals surface area contributed by atoms with E-state index in [2.05, 4.69) is 73.2 Å². The Hall–Kier alpha value is -1.32. The molecule has 0 heterocycles. The highest BCUT2D eigenvalue weighted by Crippen LogP contribution is 2.34. The molecule has 21 heavy (non-hydrogen) atoms. The Bertz CT molecular complexity index is 652. The van der Waals surface area contributed by atoms with E-state index in [1.165, 1.54) is 22.3 Å². The minimum atomic E-state index is 0.318. The molecule has 0 aliphatic carbocycles. The van der Waals surface area contributed by atoms with Crippen LogP contribution < -0.4 is 10.1 Å². The monoisotopic (exact) mass is 347 g/mol. The molecule has 0 saturated carbocycles. The molecule has 0 saturated heterocycles. The second-order valence-electron chi connectivity index (χ2n) is 5.51. The van der Waals surface area contributed by atoms with Gasteiger partial charge in [0.05, 0.1) is 4.47 Å². The van der Waals surface area contributed by atoms with E-state index >= 15 is 0 Å². The van der Waals surface area contributed by atoms with Gasteiger partial charge in [0.1, 0.15) is 11.5 Å². The second-order valence-corrected chi connectivity index (χ2v) is 6.36. The molecule has 2 rings (SSSR count). The van der Waals surface area contributed by atoms with Gasteiger partial charge in [0.2, 0.25) is 0 Å². The molecule has 2 aromatic rings. The summed E-state index contributed by atoms with van der Waals surface area (Å²) < 4.78 is 7.08. The molecule has 0 aliphatic heterocycles. The lowest BCUT2D eigenvalue weighted by atomic mass is 10.1. The number of aryl methyl sites for hydroxylation is 2. The van der Waals surface area contributed by atoms with Crippen molar-refractivity contribution in [3.8, 4) is 11.5 Å². The van der Waals surface area contributed by atoms with Crippen molar-refractivity contribution in [1.29, 1.82) is 0 Å². The van der Waals surface area contributed by atoms with Crippen molar-refractivity contribution >= 4 is 15.9 Å². The number of benzene rings is 2. The van der Waals surface area contributed by atoms with Crippen molar-refractivity contribution in [2.45, 2.75) is 33.7 Å². The first-order valence-electron chi connectivity index (χ1n) is 7.14. The summed E-state index contributed by atoms with van der Waals surface area (Å²) in [6.07, 6.45) is 0. The van der Waals surface area contributed by atoms with Crippen LogP contribution in [-0.4, -0.2) is 7.05 Å². The highest BCUT2D eigenvalue weighted by atomic mass is 79.9. The summed E-state index contributed by atoms with van der Waals surface area (Å²) in [4.78, 5) is 0. The molecule has 0 bridgehead atoms. The Kier molecular flexibility index (Phi) is 5.07. The van der Waals surface area contributed by atoms with Gasteiger partial charge in [-0.15, -0.1) is 0 Å². The maximum absolute atomic E-state index is 6.10. The molecular formula is C18H22BrNO. The van der Waals surface area contributed by atoms with Gasteiger partial charge in [-0.25, -0.2) is 0 Å². The summed E-state index contributed by atoms with van der Waals surface area (Å²) in [5.41, 5.74) is 4.88. The number of hydrogen-bond acceptors (Lipinski definition) is 2. The third-order valence-corrected chi connectivity index (χ3v) is 4.49. The van der Waals surface area contributed by atoms with Crippen LogP contribution in [0.15, 0.2) is 34.8 Å². The van der Waals surface area contributed by atoms with Crippen LogP contribution in [0.25, 0.3) is 0 Å². The van der Waals surface area contributed by atoms with Gasteiger partial charge in [0, 0.05) is 6.04 Å². The molecule has 3 heteroatoms. The van der Waals surface area contributed by atoms with Crippen LogP contribution in [0.1, 0.15) is 35.2 Å². The van der Waals surface area contributed by atoms with Crippen LogP contribution in [0.2, 0.25) is 0 Å². The third kappa shape index (κ3) is 3.66. The molecule has 1 N–H and O–H groups in total. The molecule has 112 valence electrons. The molecule has 1 unspecified atom stereocenters. The lowest BCUT2D eigenvalue weighted by molar-refractivity contribution is 0.474. The quantitative estimate of drug-likeness (QED) is 0.794. The van der Waals surface area contributed by atoms with Crippen molar-refractivity contribution in [3.63, 3.8) is 0 Å². The molecule has 2 aromatic carbocycles. The lowest BCUT2D eigenvalue weighted by Gasteiger charge is -2.15. The first kappa shape index (κ1) is 16.1.